The van der Waals surface area contributed by atoms with Crippen LogP contribution in [-0.2, 0) is 6.54 Å². The molecule has 0 saturated heterocycles. The van der Waals surface area contributed by atoms with Gasteiger partial charge in [0, 0.05) is 31.4 Å². The third-order valence-corrected chi connectivity index (χ3v) is 2.53. The van der Waals surface area contributed by atoms with E-state index < -0.39 is 0 Å². The Labute approximate surface area is 113 Å². The van der Waals surface area contributed by atoms with Crippen molar-refractivity contribution in [3.8, 4) is 0 Å². The van der Waals surface area contributed by atoms with Gasteiger partial charge in [-0.3, -0.25) is 14.4 Å². The van der Waals surface area contributed by atoms with Crippen LogP contribution in [0.5, 0.6) is 0 Å². The Morgan fingerprint density at radius 3 is 2.85 bits per heavy atom. The molecular formula is C12H13N5O3. The zero-order valence-electron chi connectivity index (χ0n) is 10.6. The van der Waals surface area contributed by atoms with Crippen molar-refractivity contribution < 1.29 is 4.79 Å². The molecule has 8 nitrogen and oxygen atoms in total. The van der Waals surface area contributed by atoms with E-state index in [0.29, 0.717) is 19.5 Å². The predicted octanol–water partition coefficient (Wildman–Crippen LogP) is -0.853. The van der Waals surface area contributed by atoms with E-state index in [4.69, 9.17) is 0 Å². The van der Waals surface area contributed by atoms with Crippen molar-refractivity contribution in [1.29, 1.82) is 0 Å². The summed E-state index contributed by atoms with van der Waals surface area (Å²) in [7, 11) is 0. The molecule has 0 bridgehead atoms. The molecule has 0 saturated carbocycles. The second-order valence-corrected chi connectivity index (χ2v) is 4.00. The highest BCUT2D eigenvalue weighted by Gasteiger charge is 2.06. The minimum absolute atomic E-state index is 0.139. The Bertz CT molecular complexity index is 686. The lowest BCUT2D eigenvalue weighted by Gasteiger charge is -2.05. The second kappa shape index (κ2) is 6.41. The number of aromatic nitrogens is 4. The molecule has 0 spiro atoms. The van der Waals surface area contributed by atoms with Gasteiger partial charge in [-0.2, -0.15) is 10.2 Å². The summed E-state index contributed by atoms with van der Waals surface area (Å²) >= 11 is 0. The lowest BCUT2D eigenvalue weighted by atomic mass is 10.3. The van der Waals surface area contributed by atoms with E-state index in [1.807, 2.05) is 0 Å². The third kappa shape index (κ3) is 3.61. The SMILES string of the molecule is O=C(NCCCn1ncccc1=O)c1ccc(=O)[nH]n1. The summed E-state index contributed by atoms with van der Waals surface area (Å²) in [6, 6.07) is 5.57. The van der Waals surface area contributed by atoms with Crippen LogP contribution in [0.3, 0.4) is 0 Å². The monoisotopic (exact) mass is 275 g/mol. The highest BCUT2D eigenvalue weighted by atomic mass is 16.2. The molecule has 2 N–H and O–H groups in total. The first-order chi connectivity index (χ1) is 9.66. The highest BCUT2D eigenvalue weighted by Crippen LogP contribution is 1.89. The van der Waals surface area contributed by atoms with Gasteiger partial charge in [-0.25, -0.2) is 9.78 Å². The molecule has 20 heavy (non-hydrogen) atoms. The minimum atomic E-state index is -0.380. The molecule has 8 heteroatoms. The van der Waals surface area contributed by atoms with Gasteiger partial charge in [0.25, 0.3) is 17.0 Å². The lowest BCUT2D eigenvalue weighted by Crippen LogP contribution is -2.29. The Morgan fingerprint density at radius 1 is 1.30 bits per heavy atom. The van der Waals surface area contributed by atoms with Crippen LogP contribution in [0.4, 0.5) is 0 Å². The first-order valence-electron chi connectivity index (χ1n) is 6.03. The Balaban J connectivity index is 1.80. The number of carbonyl (C=O) groups is 1. The molecule has 1 amide bonds. The summed E-state index contributed by atoms with van der Waals surface area (Å²) < 4.78 is 1.32. The van der Waals surface area contributed by atoms with E-state index in [1.165, 1.54) is 29.1 Å². The van der Waals surface area contributed by atoms with Crippen molar-refractivity contribution in [3.05, 3.63) is 56.9 Å². The van der Waals surface area contributed by atoms with Crippen LogP contribution in [0.25, 0.3) is 0 Å². The van der Waals surface area contributed by atoms with Crippen molar-refractivity contribution in [2.24, 2.45) is 0 Å². The lowest BCUT2D eigenvalue weighted by molar-refractivity contribution is 0.0946. The van der Waals surface area contributed by atoms with Crippen molar-refractivity contribution >= 4 is 5.91 Å². The summed E-state index contributed by atoms with van der Waals surface area (Å²) in [5.74, 6) is -0.380. The van der Waals surface area contributed by atoms with Crippen LogP contribution in [-0.4, -0.2) is 32.4 Å². The molecule has 0 aliphatic rings. The number of H-pyrrole nitrogens is 1. The number of rotatable bonds is 5. The average Bonchev–Trinajstić information content (AvgIpc) is 2.46. The van der Waals surface area contributed by atoms with Gasteiger partial charge in [0.1, 0.15) is 5.69 Å². The van der Waals surface area contributed by atoms with E-state index >= 15 is 0 Å². The van der Waals surface area contributed by atoms with Crippen LogP contribution in [0.1, 0.15) is 16.9 Å². The summed E-state index contributed by atoms with van der Waals surface area (Å²) in [5, 5.41) is 12.3. The van der Waals surface area contributed by atoms with Crippen LogP contribution in [0.2, 0.25) is 0 Å². The molecule has 2 heterocycles. The number of aromatic amines is 1. The fourth-order valence-corrected chi connectivity index (χ4v) is 1.55. The molecule has 0 unspecified atom stereocenters. The maximum Gasteiger partial charge on any atom is 0.271 e. The quantitative estimate of drug-likeness (QED) is 0.690. The zero-order chi connectivity index (χ0) is 14.4. The van der Waals surface area contributed by atoms with Gasteiger partial charge in [0.2, 0.25) is 0 Å². The van der Waals surface area contributed by atoms with Crippen LogP contribution in [0.15, 0.2) is 40.1 Å². The maximum absolute atomic E-state index is 11.7. The predicted molar refractivity (Wildman–Crippen MR) is 70.3 cm³/mol. The van der Waals surface area contributed by atoms with Crippen molar-refractivity contribution in [2.75, 3.05) is 6.54 Å². The van der Waals surface area contributed by atoms with Gasteiger partial charge in [-0.1, -0.05) is 0 Å². The summed E-state index contributed by atoms with van der Waals surface area (Å²) in [4.78, 5) is 33.8. The largest absolute Gasteiger partial charge is 0.351 e. The van der Waals surface area contributed by atoms with Gasteiger partial charge in [-0.15, -0.1) is 0 Å². The number of nitrogens with zero attached hydrogens (tertiary/aromatic N) is 3. The Morgan fingerprint density at radius 2 is 2.15 bits per heavy atom. The van der Waals surface area contributed by atoms with E-state index in [2.05, 4.69) is 20.6 Å². The Kier molecular flexibility index (Phi) is 4.38. The first kappa shape index (κ1) is 13.7. The smallest absolute Gasteiger partial charge is 0.271 e. The van der Waals surface area contributed by atoms with E-state index in [-0.39, 0.29) is 22.7 Å². The molecule has 0 aliphatic carbocycles. The molecule has 2 rings (SSSR count). The standard InChI is InChI=1S/C12H13N5O3/c18-10-5-4-9(15-16-10)12(20)13-6-2-8-17-11(19)3-1-7-14-17/h1,3-5,7H,2,6,8H2,(H,13,20)(H,16,18). The molecular weight excluding hydrogens is 262 g/mol. The molecule has 0 aromatic carbocycles. The van der Waals surface area contributed by atoms with Crippen LogP contribution in [0, 0.1) is 0 Å². The van der Waals surface area contributed by atoms with Crippen molar-refractivity contribution in [1.82, 2.24) is 25.3 Å². The number of nitrogens with one attached hydrogen (secondary N) is 2. The highest BCUT2D eigenvalue weighted by molar-refractivity contribution is 5.91. The fourth-order valence-electron chi connectivity index (χ4n) is 1.55. The van der Waals surface area contributed by atoms with Gasteiger partial charge < -0.3 is 5.32 Å². The number of aryl methyl sites for hydroxylation is 1. The molecule has 104 valence electrons. The van der Waals surface area contributed by atoms with E-state index in [1.54, 1.807) is 6.07 Å². The number of amides is 1. The zero-order valence-corrected chi connectivity index (χ0v) is 10.6. The van der Waals surface area contributed by atoms with Gasteiger partial charge >= 0.3 is 0 Å². The molecule has 0 atom stereocenters. The molecule has 0 aliphatic heterocycles. The summed E-state index contributed by atoms with van der Waals surface area (Å²) in [6.07, 6.45) is 2.09. The average molecular weight is 275 g/mol. The maximum atomic E-state index is 11.7. The molecule has 2 aromatic rings. The van der Waals surface area contributed by atoms with E-state index in [0.717, 1.165) is 0 Å². The number of carbonyl (C=O) groups excluding carboxylic acids is 1. The third-order valence-electron chi connectivity index (χ3n) is 2.53. The molecule has 0 fully saturated rings. The van der Waals surface area contributed by atoms with Gasteiger partial charge in [0.15, 0.2) is 0 Å². The van der Waals surface area contributed by atoms with Gasteiger partial charge in [-0.05, 0) is 18.6 Å². The Hall–Kier alpha value is -2.77. The van der Waals surface area contributed by atoms with Crippen molar-refractivity contribution in [3.63, 3.8) is 0 Å². The first-order valence-corrected chi connectivity index (χ1v) is 6.03. The van der Waals surface area contributed by atoms with Crippen LogP contribution >= 0.6 is 0 Å². The topological polar surface area (TPSA) is 110 Å². The summed E-state index contributed by atoms with van der Waals surface area (Å²) in [5.41, 5.74) is -0.406. The van der Waals surface area contributed by atoms with Crippen molar-refractivity contribution in [2.45, 2.75) is 13.0 Å². The molecule has 2 aromatic heterocycles. The minimum Gasteiger partial charge on any atom is -0.351 e. The fraction of sp³-hybridized carbons (Fsp3) is 0.250. The van der Waals surface area contributed by atoms with E-state index in [9.17, 15) is 14.4 Å². The molecule has 0 radical (unpaired) electrons. The number of hydrogen-bond acceptors (Lipinski definition) is 5. The second-order valence-electron chi connectivity index (χ2n) is 4.00. The summed E-state index contributed by atoms with van der Waals surface area (Å²) in [6.45, 7) is 0.793. The van der Waals surface area contributed by atoms with Crippen LogP contribution < -0.4 is 16.4 Å². The number of hydrogen-bond donors (Lipinski definition) is 2. The van der Waals surface area contributed by atoms with Gasteiger partial charge in [0.05, 0.1) is 0 Å². The normalized spacial score (nSPS) is 10.2.